The van der Waals surface area contributed by atoms with Gasteiger partial charge in [-0.05, 0) is 50.4 Å². The number of ketones is 1. The molecule has 0 amide bonds. The smallest absolute Gasteiger partial charge is 0.189 e. The lowest BCUT2D eigenvalue weighted by Gasteiger charge is -2.39. The summed E-state index contributed by atoms with van der Waals surface area (Å²) >= 11 is 7.26. The van der Waals surface area contributed by atoms with E-state index < -0.39 is 0 Å². The first-order valence-corrected chi connectivity index (χ1v) is 7.62. The van der Waals surface area contributed by atoms with Crippen molar-refractivity contribution >= 4 is 28.7 Å². The van der Waals surface area contributed by atoms with E-state index >= 15 is 0 Å². The number of carbonyl (C=O) groups is 1. The molecule has 0 spiro atoms. The summed E-state index contributed by atoms with van der Waals surface area (Å²) in [7, 11) is 0. The van der Waals surface area contributed by atoms with Crippen LogP contribution in [0.15, 0.2) is 12.1 Å². The van der Waals surface area contributed by atoms with Crippen LogP contribution in [-0.2, 0) is 0 Å². The van der Waals surface area contributed by atoms with Crippen LogP contribution < -0.4 is 0 Å². The lowest BCUT2D eigenvalue weighted by Crippen LogP contribution is -2.45. The second-order valence-electron chi connectivity index (χ2n) is 5.84. The Labute approximate surface area is 118 Å². The second kappa shape index (κ2) is 5.32. The lowest BCUT2D eigenvalue weighted by molar-refractivity contribution is 0.0691. The summed E-state index contributed by atoms with van der Waals surface area (Å²) in [6.07, 6.45) is 2.33. The minimum Gasteiger partial charge on any atom is -0.293 e. The minimum absolute atomic E-state index is 0.0317. The van der Waals surface area contributed by atoms with Crippen LogP contribution in [0.2, 0.25) is 4.34 Å². The van der Waals surface area contributed by atoms with Gasteiger partial charge >= 0.3 is 0 Å². The maximum Gasteiger partial charge on any atom is 0.189 e. The van der Waals surface area contributed by atoms with E-state index in [1.807, 2.05) is 13.0 Å². The Morgan fingerprint density at radius 2 is 2.00 bits per heavy atom. The van der Waals surface area contributed by atoms with Crippen molar-refractivity contribution in [3.63, 3.8) is 0 Å². The first-order chi connectivity index (χ1) is 8.39. The van der Waals surface area contributed by atoms with Gasteiger partial charge in [-0.2, -0.15) is 0 Å². The van der Waals surface area contributed by atoms with E-state index in [0.717, 1.165) is 30.8 Å². The molecule has 0 N–H and O–H groups in total. The van der Waals surface area contributed by atoms with E-state index in [2.05, 4.69) is 18.7 Å². The molecule has 2 nitrogen and oxygen atoms in total. The SMILES string of the molecule is CC(C(=O)c1ccc(Cl)s1)N1CCC(C)(C)CC1. The van der Waals surface area contributed by atoms with Gasteiger partial charge in [-0.1, -0.05) is 25.4 Å². The van der Waals surface area contributed by atoms with E-state index in [1.54, 1.807) is 6.07 Å². The van der Waals surface area contributed by atoms with Gasteiger partial charge in [-0.15, -0.1) is 11.3 Å². The van der Waals surface area contributed by atoms with Gasteiger partial charge in [0.1, 0.15) is 0 Å². The highest BCUT2D eigenvalue weighted by Gasteiger charge is 2.30. The minimum atomic E-state index is -0.0317. The van der Waals surface area contributed by atoms with Crippen LogP contribution in [0.3, 0.4) is 0 Å². The van der Waals surface area contributed by atoms with Gasteiger partial charge in [-0.3, -0.25) is 9.69 Å². The number of thiophene rings is 1. The average molecular weight is 286 g/mol. The first-order valence-electron chi connectivity index (χ1n) is 6.43. The molecule has 18 heavy (non-hydrogen) atoms. The highest BCUT2D eigenvalue weighted by Crippen LogP contribution is 2.31. The number of halogens is 1. The Morgan fingerprint density at radius 3 is 2.50 bits per heavy atom. The third-order valence-electron chi connectivity index (χ3n) is 3.89. The van der Waals surface area contributed by atoms with Crippen molar-refractivity contribution in [1.82, 2.24) is 4.90 Å². The number of nitrogens with zero attached hydrogens (tertiary/aromatic N) is 1. The molecule has 0 aromatic carbocycles. The Kier molecular flexibility index (Phi) is 4.15. The molecule has 1 saturated heterocycles. The summed E-state index contributed by atoms with van der Waals surface area (Å²) in [5.74, 6) is 0.201. The zero-order chi connectivity index (χ0) is 13.3. The fourth-order valence-electron chi connectivity index (χ4n) is 2.34. The van der Waals surface area contributed by atoms with Crippen molar-refractivity contribution in [2.24, 2.45) is 5.41 Å². The number of rotatable bonds is 3. The largest absolute Gasteiger partial charge is 0.293 e. The van der Waals surface area contributed by atoms with Crippen LogP contribution >= 0.6 is 22.9 Å². The Morgan fingerprint density at radius 1 is 1.39 bits per heavy atom. The summed E-state index contributed by atoms with van der Waals surface area (Å²) in [6, 6.07) is 3.60. The van der Waals surface area contributed by atoms with E-state index in [1.165, 1.54) is 11.3 Å². The van der Waals surface area contributed by atoms with E-state index in [9.17, 15) is 4.79 Å². The molecule has 1 atom stereocenters. The van der Waals surface area contributed by atoms with Gasteiger partial charge in [0.25, 0.3) is 0 Å². The van der Waals surface area contributed by atoms with Crippen LogP contribution in [-0.4, -0.2) is 29.8 Å². The van der Waals surface area contributed by atoms with Crippen molar-refractivity contribution in [3.8, 4) is 0 Å². The average Bonchev–Trinajstić information content (AvgIpc) is 2.74. The second-order valence-corrected chi connectivity index (χ2v) is 7.56. The molecular weight excluding hydrogens is 266 g/mol. The van der Waals surface area contributed by atoms with Crippen LogP contribution in [0, 0.1) is 5.41 Å². The molecule has 0 radical (unpaired) electrons. The molecule has 2 heterocycles. The molecule has 1 aliphatic rings. The number of carbonyl (C=O) groups excluding carboxylic acids is 1. The number of piperidine rings is 1. The van der Waals surface area contributed by atoms with Gasteiger partial charge in [0.05, 0.1) is 15.3 Å². The van der Waals surface area contributed by atoms with Crippen molar-refractivity contribution in [2.75, 3.05) is 13.1 Å². The Bertz CT molecular complexity index is 431. The molecule has 1 aromatic rings. The highest BCUT2D eigenvalue weighted by atomic mass is 35.5. The van der Waals surface area contributed by atoms with Gasteiger partial charge in [0, 0.05) is 0 Å². The van der Waals surface area contributed by atoms with Gasteiger partial charge < -0.3 is 0 Å². The molecule has 4 heteroatoms. The molecule has 1 aromatic heterocycles. The number of Topliss-reactive ketones (excluding diaryl/α,β-unsaturated/α-hetero) is 1. The highest BCUT2D eigenvalue weighted by molar-refractivity contribution is 7.18. The third-order valence-corrected chi connectivity index (χ3v) is 5.14. The molecule has 100 valence electrons. The van der Waals surface area contributed by atoms with E-state index in [4.69, 9.17) is 11.6 Å². The van der Waals surface area contributed by atoms with Crippen molar-refractivity contribution in [1.29, 1.82) is 0 Å². The summed E-state index contributed by atoms with van der Waals surface area (Å²) in [5.41, 5.74) is 0.422. The normalized spacial score (nSPS) is 21.8. The summed E-state index contributed by atoms with van der Waals surface area (Å²) in [6.45, 7) is 8.64. The lowest BCUT2D eigenvalue weighted by atomic mass is 9.82. The molecule has 0 bridgehead atoms. The van der Waals surface area contributed by atoms with E-state index in [0.29, 0.717) is 9.75 Å². The van der Waals surface area contributed by atoms with Crippen LogP contribution in [0.1, 0.15) is 43.3 Å². The standard InChI is InChI=1S/C14H20ClNOS/c1-10(13(17)11-4-5-12(15)18-11)16-8-6-14(2,3)7-9-16/h4-5,10H,6-9H2,1-3H3. The Hall–Kier alpha value is -0.380. The van der Waals surface area contributed by atoms with Crippen molar-refractivity contribution in [3.05, 3.63) is 21.3 Å². The maximum atomic E-state index is 12.3. The predicted octanol–water partition coefficient (Wildman–Crippen LogP) is 4.09. The maximum absolute atomic E-state index is 12.3. The zero-order valence-electron chi connectivity index (χ0n) is 11.2. The molecule has 0 saturated carbocycles. The van der Waals surface area contributed by atoms with Gasteiger partial charge in [-0.25, -0.2) is 0 Å². The monoisotopic (exact) mass is 285 g/mol. The summed E-state index contributed by atoms with van der Waals surface area (Å²) < 4.78 is 0.685. The van der Waals surface area contributed by atoms with Gasteiger partial charge in [0.2, 0.25) is 0 Å². The molecule has 2 rings (SSSR count). The van der Waals surface area contributed by atoms with Crippen LogP contribution in [0.5, 0.6) is 0 Å². The number of hydrogen-bond acceptors (Lipinski definition) is 3. The molecular formula is C14H20ClNOS. The third kappa shape index (κ3) is 3.14. The topological polar surface area (TPSA) is 20.3 Å². The van der Waals surface area contributed by atoms with Crippen LogP contribution in [0.25, 0.3) is 0 Å². The van der Waals surface area contributed by atoms with Crippen molar-refractivity contribution in [2.45, 2.75) is 39.7 Å². The molecule has 1 aliphatic heterocycles. The molecule has 0 aliphatic carbocycles. The molecule has 1 fully saturated rings. The fourth-order valence-corrected chi connectivity index (χ4v) is 3.40. The summed E-state index contributed by atoms with van der Waals surface area (Å²) in [4.78, 5) is 15.4. The zero-order valence-corrected chi connectivity index (χ0v) is 12.8. The quantitative estimate of drug-likeness (QED) is 0.780. The fraction of sp³-hybridized carbons (Fsp3) is 0.643. The Balaban J connectivity index is 2.00. The van der Waals surface area contributed by atoms with Gasteiger partial charge in [0.15, 0.2) is 5.78 Å². The molecule has 1 unspecified atom stereocenters. The van der Waals surface area contributed by atoms with Crippen molar-refractivity contribution < 1.29 is 4.79 Å². The predicted molar refractivity (Wildman–Crippen MR) is 77.7 cm³/mol. The van der Waals surface area contributed by atoms with Crippen LogP contribution in [0.4, 0.5) is 0 Å². The number of likely N-dealkylation sites (tertiary alicyclic amines) is 1. The first kappa shape index (κ1) is 14.0. The summed E-state index contributed by atoms with van der Waals surface area (Å²) in [5, 5.41) is 0. The number of hydrogen-bond donors (Lipinski definition) is 0. The van der Waals surface area contributed by atoms with E-state index in [-0.39, 0.29) is 11.8 Å².